The van der Waals surface area contributed by atoms with Crippen molar-refractivity contribution >= 4 is 0 Å². The average Bonchev–Trinajstić information content (AvgIpc) is 2.58. The predicted molar refractivity (Wildman–Crippen MR) is 92.8 cm³/mol. The molecule has 2 fully saturated rings. The van der Waals surface area contributed by atoms with Gasteiger partial charge in [0.15, 0.2) is 0 Å². The molecule has 4 heteroatoms. The van der Waals surface area contributed by atoms with Crippen LogP contribution in [0.25, 0.3) is 0 Å². The molecule has 3 rings (SSSR count). The lowest BCUT2D eigenvalue weighted by Gasteiger charge is -2.41. The maximum Gasteiger partial charge on any atom is 0.336 e. The molecule has 0 N–H and O–H groups in total. The van der Waals surface area contributed by atoms with Gasteiger partial charge in [0.2, 0.25) is 0 Å². The normalized spacial score (nSPS) is 37.8. The summed E-state index contributed by atoms with van der Waals surface area (Å²) in [6.07, 6.45) is 9.94. The van der Waals surface area contributed by atoms with E-state index in [1.165, 1.54) is 12.2 Å². The smallest absolute Gasteiger partial charge is 0.194 e. The van der Waals surface area contributed by atoms with Crippen LogP contribution in [-0.2, 0) is 0 Å². The standard InChI is InChI=1S/C21H28F4/c1-3-15-6-10-17(11-7-15)19-13-12-18(20(22,23)21(19,24)25)16-8-4-14(2)5-9-16/h3,12-17H,1,4-11H2,2H3. The van der Waals surface area contributed by atoms with Gasteiger partial charge in [-0.15, -0.1) is 6.58 Å². The van der Waals surface area contributed by atoms with E-state index in [4.69, 9.17) is 0 Å². The molecule has 25 heavy (non-hydrogen) atoms. The summed E-state index contributed by atoms with van der Waals surface area (Å²) in [4.78, 5) is 0. The minimum atomic E-state index is -4.06. The van der Waals surface area contributed by atoms with Crippen LogP contribution in [-0.4, -0.2) is 11.8 Å². The highest BCUT2D eigenvalue weighted by molar-refractivity contribution is 5.40. The van der Waals surface area contributed by atoms with Crippen molar-refractivity contribution in [2.24, 2.45) is 23.7 Å². The maximum absolute atomic E-state index is 14.8. The van der Waals surface area contributed by atoms with Crippen molar-refractivity contribution in [1.82, 2.24) is 0 Å². The van der Waals surface area contributed by atoms with E-state index < -0.39 is 23.7 Å². The quantitative estimate of drug-likeness (QED) is 0.379. The van der Waals surface area contributed by atoms with Gasteiger partial charge in [-0.1, -0.05) is 38.0 Å². The van der Waals surface area contributed by atoms with Gasteiger partial charge < -0.3 is 0 Å². The molecule has 0 amide bonds. The van der Waals surface area contributed by atoms with Crippen LogP contribution >= 0.6 is 0 Å². The van der Waals surface area contributed by atoms with Gasteiger partial charge >= 0.3 is 11.8 Å². The van der Waals surface area contributed by atoms with Crippen molar-refractivity contribution in [3.63, 3.8) is 0 Å². The van der Waals surface area contributed by atoms with Crippen molar-refractivity contribution < 1.29 is 17.6 Å². The SMILES string of the molecule is C=CC1CCC(C2=CC=C(C3CCC(C)CC3)C(F)(F)C2(F)F)CC1. The van der Waals surface area contributed by atoms with E-state index in [2.05, 4.69) is 13.5 Å². The molecule has 0 spiro atoms. The molecule has 2 saturated carbocycles. The third kappa shape index (κ3) is 3.33. The number of allylic oxidation sites excluding steroid dienone is 5. The molecule has 0 radical (unpaired) electrons. The summed E-state index contributed by atoms with van der Waals surface area (Å²) in [5.41, 5.74) is -0.694. The summed E-state index contributed by atoms with van der Waals surface area (Å²) in [5, 5.41) is 0. The van der Waals surface area contributed by atoms with E-state index in [1.807, 2.05) is 6.08 Å². The van der Waals surface area contributed by atoms with Crippen LogP contribution in [0.2, 0.25) is 0 Å². The van der Waals surface area contributed by atoms with Gasteiger partial charge in [-0.3, -0.25) is 0 Å². The van der Waals surface area contributed by atoms with Gasteiger partial charge in [0.1, 0.15) is 0 Å². The second-order valence-electron chi connectivity index (χ2n) is 8.20. The first kappa shape index (κ1) is 18.7. The van der Waals surface area contributed by atoms with Crippen molar-refractivity contribution in [3.05, 3.63) is 36.0 Å². The van der Waals surface area contributed by atoms with Gasteiger partial charge in [-0.25, -0.2) is 0 Å². The molecule has 0 nitrogen and oxygen atoms in total. The molecule has 3 aliphatic carbocycles. The lowest BCUT2D eigenvalue weighted by molar-refractivity contribution is -0.173. The second kappa shape index (κ2) is 6.92. The lowest BCUT2D eigenvalue weighted by Crippen LogP contribution is -2.49. The third-order valence-electron chi connectivity index (χ3n) is 6.56. The van der Waals surface area contributed by atoms with Crippen LogP contribution in [0.3, 0.4) is 0 Å². The van der Waals surface area contributed by atoms with Crippen LogP contribution in [0, 0.1) is 23.7 Å². The fraction of sp³-hybridized carbons (Fsp3) is 0.714. The van der Waals surface area contributed by atoms with Gasteiger partial charge in [0.25, 0.3) is 0 Å². The molecule has 0 aromatic carbocycles. The zero-order valence-corrected chi connectivity index (χ0v) is 14.9. The lowest BCUT2D eigenvalue weighted by atomic mass is 9.70. The van der Waals surface area contributed by atoms with Crippen molar-refractivity contribution in [2.45, 2.75) is 70.1 Å². The third-order valence-corrected chi connectivity index (χ3v) is 6.56. The summed E-state index contributed by atoms with van der Waals surface area (Å²) in [6.45, 7) is 5.84. The Bertz CT molecular complexity index is 556. The fourth-order valence-corrected chi connectivity index (χ4v) is 4.77. The van der Waals surface area contributed by atoms with E-state index in [9.17, 15) is 17.6 Å². The molecular formula is C21H28F4. The Morgan fingerprint density at radius 2 is 1.20 bits per heavy atom. The number of rotatable bonds is 3. The zero-order chi connectivity index (χ0) is 18.2. The molecule has 140 valence electrons. The summed E-state index contributed by atoms with van der Waals surface area (Å²) in [6, 6.07) is 0. The number of alkyl halides is 4. The highest BCUT2D eigenvalue weighted by Crippen LogP contribution is 2.55. The minimum Gasteiger partial charge on any atom is -0.194 e. The van der Waals surface area contributed by atoms with E-state index in [-0.39, 0.29) is 11.1 Å². The maximum atomic E-state index is 14.8. The first-order valence-corrected chi connectivity index (χ1v) is 9.58. The second-order valence-corrected chi connectivity index (χ2v) is 8.20. The molecule has 0 aromatic rings. The molecule has 0 atom stereocenters. The molecule has 0 heterocycles. The summed E-state index contributed by atoms with van der Waals surface area (Å²) >= 11 is 0. The Balaban J connectivity index is 1.84. The van der Waals surface area contributed by atoms with E-state index in [0.717, 1.165) is 25.7 Å². The van der Waals surface area contributed by atoms with Gasteiger partial charge in [-0.05, 0) is 62.2 Å². The Labute approximate surface area is 148 Å². The first-order chi connectivity index (χ1) is 11.8. The Hall–Kier alpha value is -1.06. The molecule has 0 aliphatic heterocycles. The molecule has 0 saturated heterocycles. The highest BCUT2D eigenvalue weighted by Gasteiger charge is 2.63. The minimum absolute atomic E-state index is 0.324. The van der Waals surface area contributed by atoms with Crippen molar-refractivity contribution in [3.8, 4) is 0 Å². The number of halogens is 4. The van der Waals surface area contributed by atoms with Gasteiger partial charge in [-0.2, -0.15) is 17.6 Å². The monoisotopic (exact) mass is 356 g/mol. The first-order valence-electron chi connectivity index (χ1n) is 9.58. The summed E-state index contributed by atoms with van der Waals surface area (Å²) in [5.74, 6) is -8.15. The average molecular weight is 356 g/mol. The van der Waals surface area contributed by atoms with Crippen molar-refractivity contribution in [1.29, 1.82) is 0 Å². The Morgan fingerprint density at radius 1 is 0.800 bits per heavy atom. The van der Waals surface area contributed by atoms with Crippen LogP contribution < -0.4 is 0 Å². The van der Waals surface area contributed by atoms with Gasteiger partial charge in [0, 0.05) is 11.1 Å². The number of hydrogen-bond acceptors (Lipinski definition) is 0. The van der Waals surface area contributed by atoms with Crippen LogP contribution in [0.5, 0.6) is 0 Å². The zero-order valence-electron chi connectivity index (χ0n) is 14.9. The summed E-state index contributed by atoms with van der Waals surface area (Å²) in [7, 11) is 0. The number of hydrogen-bond donors (Lipinski definition) is 0. The van der Waals surface area contributed by atoms with E-state index >= 15 is 0 Å². The van der Waals surface area contributed by atoms with Crippen LogP contribution in [0.15, 0.2) is 36.0 Å². The molecular weight excluding hydrogens is 328 g/mol. The molecule has 0 bridgehead atoms. The van der Waals surface area contributed by atoms with E-state index in [1.54, 1.807) is 0 Å². The Morgan fingerprint density at radius 3 is 1.60 bits per heavy atom. The highest BCUT2D eigenvalue weighted by atomic mass is 19.3. The van der Waals surface area contributed by atoms with Crippen LogP contribution in [0.4, 0.5) is 17.6 Å². The molecule has 3 aliphatic rings. The predicted octanol–water partition coefficient (Wildman–Crippen LogP) is 6.94. The van der Waals surface area contributed by atoms with Crippen molar-refractivity contribution in [2.75, 3.05) is 0 Å². The molecule has 0 unspecified atom stereocenters. The van der Waals surface area contributed by atoms with Crippen LogP contribution in [0.1, 0.15) is 58.3 Å². The topological polar surface area (TPSA) is 0 Å². The largest absolute Gasteiger partial charge is 0.336 e. The fourth-order valence-electron chi connectivity index (χ4n) is 4.77. The van der Waals surface area contributed by atoms with Gasteiger partial charge in [0.05, 0.1) is 0 Å². The summed E-state index contributed by atoms with van der Waals surface area (Å²) < 4.78 is 59.2. The molecule has 0 aromatic heterocycles. The Kier molecular flexibility index (Phi) is 5.18. The van der Waals surface area contributed by atoms with E-state index in [0.29, 0.717) is 37.5 Å².